The fourth-order valence-corrected chi connectivity index (χ4v) is 2.04. The van der Waals surface area contributed by atoms with Crippen molar-refractivity contribution in [3.8, 4) is 0 Å². The Morgan fingerprint density at radius 3 is 3.00 bits per heavy atom. The van der Waals surface area contributed by atoms with E-state index in [-0.39, 0.29) is 0 Å². The van der Waals surface area contributed by atoms with Crippen LogP contribution in [0.2, 0.25) is 5.02 Å². The maximum absolute atomic E-state index is 6.02. The number of rotatable bonds is 4. The molecule has 1 aromatic rings. The highest BCUT2D eigenvalue weighted by Crippen LogP contribution is 2.29. The number of hydrogen-bond donors (Lipinski definition) is 2. The summed E-state index contributed by atoms with van der Waals surface area (Å²) in [6, 6.07) is 2.11. The Morgan fingerprint density at radius 1 is 1.62 bits per heavy atom. The number of hydrogen-bond acceptors (Lipinski definition) is 4. The van der Waals surface area contributed by atoms with Gasteiger partial charge in [-0.3, -0.25) is 0 Å². The molecule has 1 aromatic heterocycles. The van der Waals surface area contributed by atoms with Crippen LogP contribution in [0.25, 0.3) is 0 Å². The van der Waals surface area contributed by atoms with Gasteiger partial charge >= 0.3 is 0 Å². The minimum absolute atomic E-state index is 0.384. The molecule has 1 aliphatic carbocycles. The second kappa shape index (κ2) is 4.89. The van der Waals surface area contributed by atoms with E-state index < -0.39 is 0 Å². The minimum Gasteiger partial charge on any atom is -0.397 e. The van der Waals surface area contributed by atoms with Crippen molar-refractivity contribution < 1.29 is 4.74 Å². The zero-order valence-electron chi connectivity index (χ0n) is 9.24. The third-order valence-electron chi connectivity index (χ3n) is 2.70. The number of ether oxygens (including phenoxy) is 1. The van der Waals surface area contributed by atoms with Gasteiger partial charge in [0.15, 0.2) is 0 Å². The molecule has 1 heterocycles. The molecule has 0 amide bonds. The van der Waals surface area contributed by atoms with Crippen molar-refractivity contribution in [2.45, 2.75) is 31.9 Å². The van der Waals surface area contributed by atoms with Crippen LogP contribution in [-0.4, -0.2) is 23.7 Å². The lowest BCUT2D eigenvalue weighted by Gasteiger charge is -2.35. The first-order chi connectivity index (χ1) is 7.69. The van der Waals surface area contributed by atoms with Gasteiger partial charge in [-0.25, -0.2) is 4.98 Å². The molecule has 0 unspecified atom stereocenters. The number of nitrogens with two attached hydrogens (primary N) is 1. The van der Waals surface area contributed by atoms with Gasteiger partial charge in [-0.1, -0.05) is 11.6 Å². The zero-order valence-corrected chi connectivity index (χ0v) is 10.00. The summed E-state index contributed by atoms with van der Waals surface area (Å²) >= 11 is 6.02. The molecule has 1 aliphatic rings. The Hall–Kier alpha value is -1.00. The number of halogens is 1. The number of aromatic nitrogens is 1. The zero-order chi connectivity index (χ0) is 11.5. The van der Waals surface area contributed by atoms with E-state index in [4.69, 9.17) is 22.1 Å². The summed E-state index contributed by atoms with van der Waals surface area (Å²) in [6.45, 7) is 2.79. The van der Waals surface area contributed by atoms with Crippen LogP contribution in [0.4, 0.5) is 11.5 Å². The summed E-state index contributed by atoms with van der Waals surface area (Å²) in [5.41, 5.74) is 6.15. The number of nitrogens with zero attached hydrogens (tertiary/aromatic N) is 1. The van der Waals surface area contributed by atoms with Crippen LogP contribution in [0, 0.1) is 0 Å². The first-order valence-corrected chi connectivity index (χ1v) is 5.86. The quantitative estimate of drug-likeness (QED) is 0.849. The molecule has 1 fully saturated rings. The molecule has 0 atom stereocenters. The van der Waals surface area contributed by atoms with E-state index in [2.05, 4.69) is 10.3 Å². The average molecular weight is 242 g/mol. The van der Waals surface area contributed by atoms with Crippen LogP contribution in [0.3, 0.4) is 0 Å². The van der Waals surface area contributed by atoms with Gasteiger partial charge in [0.2, 0.25) is 0 Å². The largest absolute Gasteiger partial charge is 0.397 e. The van der Waals surface area contributed by atoms with Gasteiger partial charge in [0.05, 0.1) is 23.0 Å². The molecular weight excluding hydrogens is 226 g/mol. The Kier molecular flexibility index (Phi) is 3.51. The summed E-state index contributed by atoms with van der Waals surface area (Å²) in [7, 11) is 0. The predicted molar refractivity (Wildman–Crippen MR) is 65.7 cm³/mol. The van der Waals surface area contributed by atoms with E-state index in [0.717, 1.165) is 19.4 Å². The molecule has 0 saturated heterocycles. The van der Waals surface area contributed by atoms with Gasteiger partial charge in [0.1, 0.15) is 5.82 Å². The van der Waals surface area contributed by atoms with Crippen molar-refractivity contribution in [3.05, 3.63) is 17.3 Å². The summed E-state index contributed by atoms with van der Waals surface area (Å²) in [6.07, 6.45) is 4.01. The molecule has 0 radical (unpaired) electrons. The number of nitrogens with one attached hydrogen (secondary N) is 1. The highest BCUT2D eigenvalue weighted by atomic mass is 35.5. The molecule has 0 spiro atoms. The Morgan fingerprint density at radius 2 is 2.38 bits per heavy atom. The van der Waals surface area contributed by atoms with Crippen LogP contribution in [0.5, 0.6) is 0 Å². The van der Waals surface area contributed by atoms with E-state index in [1.807, 2.05) is 6.92 Å². The van der Waals surface area contributed by atoms with Crippen LogP contribution < -0.4 is 11.1 Å². The van der Waals surface area contributed by atoms with E-state index in [1.54, 1.807) is 12.3 Å². The average Bonchev–Trinajstić information content (AvgIpc) is 2.18. The topological polar surface area (TPSA) is 60.2 Å². The summed E-state index contributed by atoms with van der Waals surface area (Å²) in [5, 5.41) is 3.85. The molecular formula is C11H16ClN3O. The van der Waals surface area contributed by atoms with E-state index in [1.165, 1.54) is 0 Å². The number of pyridine rings is 1. The third kappa shape index (κ3) is 2.57. The van der Waals surface area contributed by atoms with Crippen LogP contribution in [0.1, 0.15) is 19.8 Å². The highest BCUT2D eigenvalue weighted by molar-refractivity contribution is 6.33. The van der Waals surface area contributed by atoms with Crippen LogP contribution in [0.15, 0.2) is 12.3 Å². The van der Waals surface area contributed by atoms with Gasteiger partial charge in [-0.15, -0.1) is 0 Å². The van der Waals surface area contributed by atoms with E-state index in [0.29, 0.717) is 28.7 Å². The normalized spacial score (nSPS) is 23.9. The Balaban J connectivity index is 1.87. The maximum atomic E-state index is 6.02. The van der Waals surface area contributed by atoms with Crippen molar-refractivity contribution >= 4 is 23.1 Å². The minimum atomic E-state index is 0.384. The maximum Gasteiger partial charge on any atom is 0.145 e. The second-order valence-electron chi connectivity index (χ2n) is 3.99. The lowest BCUT2D eigenvalue weighted by molar-refractivity contribution is 0.00293. The first-order valence-electron chi connectivity index (χ1n) is 5.48. The lowest BCUT2D eigenvalue weighted by Crippen LogP contribution is -2.41. The Bertz CT molecular complexity index is 366. The fraction of sp³-hybridized carbons (Fsp3) is 0.545. The smallest absolute Gasteiger partial charge is 0.145 e. The van der Waals surface area contributed by atoms with Crippen molar-refractivity contribution in [2.24, 2.45) is 0 Å². The fourth-order valence-electron chi connectivity index (χ4n) is 1.81. The van der Waals surface area contributed by atoms with Crippen LogP contribution in [-0.2, 0) is 4.74 Å². The first kappa shape index (κ1) is 11.5. The summed E-state index contributed by atoms with van der Waals surface area (Å²) in [4.78, 5) is 4.16. The summed E-state index contributed by atoms with van der Waals surface area (Å²) < 4.78 is 5.48. The van der Waals surface area contributed by atoms with Crippen molar-refractivity contribution in [1.82, 2.24) is 4.98 Å². The highest BCUT2D eigenvalue weighted by Gasteiger charge is 2.29. The van der Waals surface area contributed by atoms with E-state index in [9.17, 15) is 0 Å². The Labute approximate surface area is 100 Å². The lowest BCUT2D eigenvalue weighted by atomic mass is 9.89. The van der Waals surface area contributed by atoms with Crippen LogP contribution >= 0.6 is 11.6 Å². The second-order valence-corrected chi connectivity index (χ2v) is 4.40. The molecule has 5 heteroatoms. The number of anilines is 2. The standard InChI is InChI=1S/C11H16ClN3O/c1-2-16-9-4-8(5-9)15-11-10(12)3-7(13)6-14-11/h3,6,8-9H,2,4-5,13H2,1H3,(H,14,15). The molecule has 3 N–H and O–H groups in total. The van der Waals surface area contributed by atoms with Crippen molar-refractivity contribution in [3.63, 3.8) is 0 Å². The predicted octanol–water partition coefficient (Wildman–Crippen LogP) is 2.30. The van der Waals surface area contributed by atoms with Gasteiger partial charge < -0.3 is 15.8 Å². The third-order valence-corrected chi connectivity index (χ3v) is 2.99. The van der Waals surface area contributed by atoms with E-state index >= 15 is 0 Å². The molecule has 16 heavy (non-hydrogen) atoms. The molecule has 4 nitrogen and oxygen atoms in total. The van der Waals surface area contributed by atoms with Crippen molar-refractivity contribution in [2.75, 3.05) is 17.7 Å². The van der Waals surface area contributed by atoms with Gasteiger partial charge in [0, 0.05) is 12.6 Å². The van der Waals surface area contributed by atoms with Crippen molar-refractivity contribution in [1.29, 1.82) is 0 Å². The van der Waals surface area contributed by atoms with Gasteiger partial charge in [-0.2, -0.15) is 0 Å². The molecule has 1 saturated carbocycles. The molecule has 0 bridgehead atoms. The molecule has 2 rings (SSSR count). The van der Waals surface area contributed by atoms with Gasteiger partial charge in [0.25, 0.3) is 0 Å². The monoisotopic (exact) mass is 241 g/mol. The SMILES string of the molecule is CCOC1CC(Nc2ncc(N)cc2Cl)C1. The number of nitrogen functional groups attached to an aromatic ring is 1. The van der Waals surface area contributed by atoms with Gasteiger partial charge in [-0.05, 0) is 25.8 Å². The molecule has 0 aromatic carbocycles. The molecule has 88 valence electrons. The molecule has 0 aliphatic heterocycles. The summed E-state index contributed by atoms with van der Waals surface area (Å²) in [5.74, 6) is 0.704.